The Balaban J connectivity index is 1.56. The van der Waals surface area contributed by atoms with Crippen LogP contribution in [0.15, 0.2) is 79.2 Å². The van der Waals surface area contributed by atoms with Gasteiger partial charge in [-0.25, -0.2) is 4.98 Å². The number of nitrogens with one attached hydrogen (secondary N) is 1. The van der Waals surface area contributed by atoms with Crippen LogP contribution >= 0.6 is 0 Å². The van der Waals surface area contributed by atoms with Gasteiger partial charge in [0.25, 0.3) is 5.91 Å². The van der Waals surface area contributed by atoms with Crippen LogP contribution in [0.4, 0.5) is 0 Å². The SMILES string of the molecule is O=C1C(O)=C(c2cccc(O)c2)C(c2c[nH]c3ccccc23)N1CCCn1ccnc1. The lowest BCUT2D eigenvalue weighted by Crippen LogP contribution is -2.31. The summed E-state index contributed by atoms with van der Waals surface area (Å²) in [7, 11) is 0. The van der Waals surface area contributed by atoms with Gasteiger partial charge in [0.15, 0.2) is 5.76 Å². The van der Waals surface area contributed by atoms with Crippen LogP contribution in [-0.4, -0.2) is 42.1 Å². The quantitative estimate of drug-likeness (QED) is 0.444. The summed E-state index contributed by atoms with van der Waals surface area (Å²) < 4.78 is 1.96. The molecule has 3 heterocycles. The van der Waals surface area contributed by atoms with Crippen molar-refractivity contribution < 1.29 is 15.0 Å². The van der Waals surface area contributed by atoms with Crippen LogP contribution in [0.5, 0.6) is 5.75 Å². The molecule has 5 rings (SSSR count). The Morgan fingerprint density at radius 1 is 1.06 bits per heavy atom. The van der Waals surface area contributed by atoms with Gasteiger partial charge in [0.1, 0.15) is 5.75 Å². The predicted molar refractivity (Wildman–Crippen MR) is 117 cm³/mol. The van der Waals surface area contributed by atoms with E-state index in [1.54, 1.807) is 41.7 Å². The average Bonchev–Trinajstić information content (AvgIpc) is 3.49. The molecule has 156 valence electrons. The standard InChI is InChI=1S/C24H22N4O3/c29-17-6-3-5-16(13-17)21-22(19-14-26-20-8-2-1-7-18(19)20)28(24(31)23(21)30)11-4-10-27-12-9-25-15-27/h1-3,5-9,12-15,22,26,29-30H,4,10-11H2. The number of para-hydroxylation sites is 1. The summed E-state index contributed by atoms with van der Waals surface area (Å²) in [6, 6.07) is 14.1. The molecule has 7 nitrogen and oxygen atoms in total. The van der Waals surface area contributed by atoms with E-state index in [2.05, 4.69) is 9.97 Å². The fourth-order valence-corrected chi connectivity index (χ4v) is 4.34. The molecule has 0 aliphatic carbocycles. The third-order valence-electron chi connectivity index (χ3n) is 5.75. The molecular weight excluding hydrogens is 392 g/mol. The lowest BCUT2D eigenvalue weighted by Gasteiger charge is -2.27. The van der Waals surface area contributed by atoms with Crippen LogP contribution in [0.25, 0.3) is 16.5 Å². The second-order valence-corrected chi connectivity index (χ2v) is 7.66. The van der Waals surface area contributed by atoms with E-state index < -0.39 is 11.9 Å². The number of rotatable bonds is 6. The molecule has 2 aromatic carbocycles. The number of amides is 1. The number of phenolic OH excluding ortho intramolecular Hbond substituents is 1. The maximum absolute atomic E-state index is 13.1. The van der Waals surface area contributed by atoms with Crippen molar-refractivity contribution in [3.8, 4) is 5.75 Å². The molecule has 31 heavy (non-hydrogen) atoms. The molecule has 0 radical (unpaired) electrons. The van der Waals surface area contributed by atoms with Gasteiger partial charge in [-0.2, -0.15) is 0 Å². The first-order valence-electron chi connectivity index (χ1n) is 10.2. The minimum Gasteiger partial charge on any atom is -0.508 e. The third-order valence-corrected chi connectivity index (χ3v) is 5.75. The van der Waals surface area contributed by atoms with Gasteiger partial charge in [0.2, 0.25) is 0 Å². The highest BCUT2D eigenvalue weighted by atomic mass is 16.3. The van der Waals surface area contributed by atoms with Crippen molar-refractivity contribution in [3.05, 3.63) is 90.3 Å². The molecule has 0 saturated carbocycles. The Morgan fingerprint density at radius 3 is 2.74 bits per heavy atom. The molecule has 0 spiro atoms. The van der Waals surface area contributed by atoms with Crippen LogP contribution in [0, 0.1) is 0 Å². The minimum absolute atomic E-state index is 0.0847. The number of hydrogen-bond donors (Lipinski definition) is 3. The molecule has 3 N–H and O–H groups in total. The summed E-state index contributed by atoms with van der Waals surface area (Å²) in [4.78, 5) is 22.2. The van der Waals surface area contributed by atoms with Crippen molar-refractivity contribution in [1.29, 1.82) is 0 Å². The smallest absolute Gasteiger partial charge is 0.289 e. The normalized spacial score (nSPS) is 16.6. The highest BCUT2D eigenvalue weighted by molar-refractivity contribution is 6.06. The number of carbonyl (C=O) groups is 1. The van der Waals surface area contributed by atoms with Gasteiger partial charge in [0.05, 0.1) is 12.4 Å². The Labute approximate surface area is 178 Å². The molecule has 0 fully saturated rings. The highest BCUT2D eigenvalue weighted by Gasteiger charge is 2.41. The van der Waals surface area contributed by atoms with Crippen molar-refractivity contribution >= 4 is 22.4 Å². The largest absolute Gasteiger partial charge is 0.508 e. The lowest BCUT2D eigenvalue weighted by molar-refractivity contribution is -0.129. The number of aromatic hydroxyl groups is 1. The number of hydrogen-bond acceptors (Lipinski definition) is 4. The molecule has 0 saturated heterocycles. The van der Waals surface area contributed by atoms with Crippen molar-refractivity contribution in [3.63, 3.8) is 0 Å². The topological polar surface area (TPSA) is 94.4 Å². The van der Waals surface area contributed by atoms with E-state index in [-0.39, 0.29) is 11.5 Å². The number of H-pyrrole nitrogens is 1. The molecular formula is C24H22N4O3. The van der Waals surface area contributed by atoms with Gasteiger partial charge in [-0.05, 0) is 30.2 Å². The number of phenols is 1. The molecule has 0 bridgehead atoms. The van der Waals surface area contributed by atoms with E-state index in [0.29, 0.717) is 30.6 Å². The number of carbonyl (C=O) groups excluding carboxylic acids is 1. The maximum atomic E-state index is 13.1. The molecule has 7 heteroatoms. The van der Waals surface area contributed by atoms with Gasteiger partial charge in [-0.1, -0.05) is 30.3 Å². The number of aromatic amines is 1. The number of aliphatic hydroxyl groups excluding tert-OH is 1. The first-order chi connectivity index (χ1) is 15.1. The summed E-state index contributed by atoms with van der Waals surface area (Å²) in [5.74, 6) is -0.593. The molecule has 1 atom stereocenters. The summed E-state index contributed by atoms with van der Waals surface area (Å²) in [6.07, 6.45) is 7.96. The molecule has 1 aliphatic heterocycles. The molecule has 4 aromatic rings. The van der Waals surface area contributed by atoms with Crippen LogP contribution in [0.1, 0.15) is 23.6 Å². The van der Waals surface area contributed by atoms with E-state index >= 15 is 0 Å². The number of aromatic nitrogens is 3. The monoisotopic (exact) mass is 414 g/mol. The Kier molecular flexibility index (Phi) is 4.71. The predicted octanol–water partition coefficient (Wildman–Crippen LogP) is 4.01. The van der Waals surface area contributed by atoms with E-state index in [0.717, 1.165) is 16.5 Å². The average molecular weight is 414 g/mol. The zero-order valence-electron chi connectivity index (χ0n) is 16.8. The van der Waals surface area contributed by atoms with Crippen LogP contribution < -0.4 is 0 Å². The van der Waals surface area contributed by atoms with Crippen molar-refractivity contribution in [2.24, 2.45) is 0 Å². The summed E-state index contributed by atoms with van der Waals surface area (Å²) in [5.41, 5.74) is 3.01. The Bertz CT molecular complexity index is 1270. The van der Waals surface area contributed by atoms with Gasteiger partial charge < -0.3 is 24.7 Å². The second-order valence-electron chi connectivity index (χ2n) is 7.66. The van der Waals surface area contributed by atoms with Crippen molar-refractivity contribution in [2.45, 2.75) is 19.0 Å². The highest BCUT2D eigenvalue weighted by Crippen LogP contribution is 2.45. The molecule has 1 unspecified atom stereocenters. The van der Waals surface area contributed by atoms with Gasteiger partial charge >= 0.3 is 0 Å². The van der Waals surface area contributed by atoms with Crippen LogP contribution in [-0.2, 0) is 11.3 Å². The fourth-order valence-electron chi connectivity index (χ4n) is 4.34. The summed E-state index contributed by atoms with van der Waals surface area (Å²) in [5, 5.41) is 21.9. The third kappa shape index (κ3) is 3.34. The van der Waals surface area contributed by atoms with Gasteiger partial charge in [0, 0.05) is 53.7 Å². The Morgan fingerprint density at radius 2 is 1.94 bits per heavy atom. The number of aryl methyl sites for hydroxylation is 1. The summed E-state index contributed by atoms with van der Waals surface area (Å²) in [6.45, 7) is 1.18. The van der Waals surface area contributed by atoms with E-state index in [1.165, 1.54) is 0 Å². The first kappa shape index (κ1) is 19.0. The van der Waals surface area contributed by atoms with Crippen LogP contribution in [0.3, 0.4) is 0 Å². The number of benzene rings is 2. The molecule has 1 aliphatic rings. The number of imidazole rings is 1. The maximum Gasteiger partial charge on any atom is 0.289 e. The first-order valence-corrected chi connectivity index (χ1v) is 10.2. The van der Waals surface area contributed by atoms with Gasteiger partial charge in [-0.15, -0.1) is 0 Å². The van der Waals surface area contributed by atoms with E-state index in [1.807, 2.05) is 41.2 Å². The number of fused-ring (bicyclic) bond motifs is 1. The minimum atomic E-state index is -0.465. The molecule has 1 amide bonds. The van der Waals surface area contributed by atoms with E-state index in [9.17, 15) is 15.0 Å². The van der Waals surface area contributed by atoms with Crippen molar-refractivity contribution in [2.75, 3.05) is 6.54 Å². The Hall–Kier alpha value is -4.00. The lowest BCUT2D eigenvalue weighted by atomic mass is 9.93. The van der Waals surface area contributed by atoms with Gasteiger partial charge in [-0.3, -0.25) is 4.79 Å². The van der Waals surface area contributed by atoms with Crippen molar-refractivity contribution in [1.82, 2.24) is 19.4 Å². The number of nitrogens with zero attached hydrogens (tertiary/aromatic N) is 3. The zero-order chi connectivity index (χ0) is 21.4. The number of aliphatic hydroxyl groups is 1. The second kappa shape index (κ2) is 7.68. The fraction of sp³-hybridized carbons (Fsp3) is 0.167. The van der Waals surface area contributed by atoms with E-state index in [4.69, 9.17) is 0 Å². The zero-order valence-corrected chi connectivity index (χ0v) is 16.8. The molecule has 2 aromatic heterocycles. The summed E-state index contributed by atoms with van der Waals surface area (Å²) >= 11 is 0. The van der Waals surface area contributed by atoms with Crippen LogP contribution in [0.2, 0.25) is 0 Å².